The van der Waals surface area contributed by atoms with Crippen LogP contribution in [0.2, 0.25) is 0 Å². The molecule has 4 heteroatoms. The second-order valence-electron chi connectivity index (χ2n) is 10.9. The first-order chi connectivity index (χ1) is 21.7. The fourth-order valence-corrected chi connectivity index (χ4v) is 6.24. The molecular formula is C40H26O4. The van der Waals surface area contributed by atoms with Gasteiger partial charge in [0, 0.05) is 32.7 Å². The van der Waals surface area contributed by atoms with Crippen molar-refractivity contribution in [3.05, 3.63) is 146 Å². The van der Waals surface area contributed by atoms with E-state index in [1.165, 1.54) is 0 Å². The predicted molar refractivity (Wildman–Crippen MR) is 178 cm³/mol. The lowest BCUT2D eigenvalue weighted by Crippen LogP contribution is -2.05. The summed E-state index contributed by atoms with van der Waals surface area (Å²) >= 11 is 0. The lowest BCUT2D eigenvalue weighted by atomic mass is 9.94. The molecule has 0 amide bonds. The Bertz CT molecular complexity index is 2190. The number of benzene rings is 8. The molecule has 0 radical (unpaired) electrons. The van der Waals surface area contributed by atoms with Crippen LogP contribution in [0.5, 0.6) is 23.0 Å². The number of hydrogen-bond acceptors (Lipinski definition) is 4. The molecule has 44 heavy (non-hydrogen) atoms. The zero-order valence-corrected chi connectivity index (χ0v) is 23.6. The Morgan fingerprint density at radius 3 is 1.09 bits per heavy atom. The van der Waals surface area contributed by atoms with Crippen molar-refractivity contribution in [3.63, 3.8) is 0 Å². The monoisotopic (exact) mass is 570 g/mol. The molecule has 8 aromatic carbocycles. The van der Waals surface area contributed by atoms with Crippen LogP contribution in [0, 0.1) is 0 Å². The second kappa shape index (κ2) is 10.4. The largest absolute Gasteiger partial charge is 0.507 e. The molecule has 0 bridgehead atoms. The smallest absolute Gasteiger partial charge is 0.194 e. The first kappa shape index (κ1) is 25.7. The molecule has 2 N–H and O–H groups in total. The molecule has 8 rings (SSSR count). The minimum atomic E-state index is 0.155. The van der Waals surface area contributed by atoms with E-state index in [0.29, 0.717) is 44.2 Å². The van der Waals surface area contributed by atoms with Crippen molar-refractivity contribution in [1.82, 2.24) is 0 Å². The van der Waals surface area contributed by atoms with E-state index in [-0.39, 0.29) is 11.5 Å². The van der Waals surface area contributed by atoms with Crippen LogP contribution in [0.1, 0.15) is 0 Å². The van der Waals surface area contributed by atoms with Crippen molar-refractivity contribution in [1.29, 1.82) is 0 Å². The van der Waals surface area contributed by atoms with Gasteiger partial charge >= 0.3 is 0 Å². The van der Waals surface area contributed by atoms with E-state index in [0.717, 1.165) is 32.7 Å². The summed E-state index contributed by atoms with van der Waals surface area (Å²) in [5.74, 6) is 1.27. The summed E-state index contributed by atoms with van der Waals surface area (Å²) in [6.45, 7) is 0. The van der Waals surface area contributed by atoms with Crippen molar-refractivity contribution in [2.75, 3.05) is 0 Å². The van der Waals surface area contributed by atoms with Gasteiger partial charge in [0.1, 0.15) is 11.5 Å². The molecule has 0 atom stereocenters. The molecule has 0 aromatic heterocycles. The summed E-state index contributed by atoms with van der Waals surface area (Å²) < 4.78 is 0. The maximum atomic E-state index is 11.1. The third kappa shape index (κ3) is 4.16. The fraction of sp³-hybridized carbons (Fsp3) is 0. The van der Waals surface area contributed by atoms with E-state index in [1.807, 2.05) is 97.1 Å². The van der Waals surface area contributed by atoms with Gasteiger partial charge in [0.15, 0.2) is 11.5 Å². The maximum absolute atomic E-state index is 11.1. The van der Waals surface area contributed by atoms with Crippen molar-refractivity contribution >= 4 is 43.1 Å². The average molecular weight is 571 g/mol. The summed E-state index contributed by atoms with van der Waals surface area (Å²) in [6, 6.07) is 47.1. The van der Waals surface area contributed by atoms with Gasteiger partial charge in [-0.3, -0.25) is 9.78 Å². The summed E-state index contributed by atoms with van der Waals surface area (Å²) in [5, 5.41) is 29.2. The van der Waals surface area contributed by atoms with Gasteiger partial charge in [-0.25, -0.2) is 0 Å². The van der Waals surface area contributed by atoms with Gasteiger partial charge in [-0.1, -0.05) is 133 Å². The molecule has 0 spiro atoms. The summed E-state index contributed by atoms with van der Waals surface area (Å²) in [6.07, 6.45) is 0. The van der Waals surface area contributed by atoms with Crippen LogP contribution in [0.4, 0.5) is 0 Å². The number of phenolic OH excluding ortho intramolecular Hbond substituents is 2. The normalized spacial score (nSPS) is 11.4. The van der Waals surface area contributed by atoms with E-state index in [4.69, 9.17) is 9.78 Å². The lowest BCUT2D eigenvalue weighted by molar-refractivity contribution is -0.0957. The summed E-state index contributed by atoms with van der Waals surface area (Å²) in [5.41, 5.74) is 3.22. The van der Waals surface area contributed by atoms with Crippen LogP contribution in [-0.2, 0) is 0 Å². The van der Waals surface area contributed by atoms with Gasteiger partial charge in [0.2, 0.25) is 0 Å². The highest BCUT2D eigenvalue weighted by molar-refractivity contribution is 6.06. The van der Waals surface area contributed by atoms with Crippen LogP contribution < -0.4 is 9.78 Å². The first-order valence-electron chi connectivity index (χ1n) is 14.5. The van der Waals surface area contributed by atoms with Gasteiger partial charge in [-0.2, -0.15) is 0 Å². The lowest BCUT2D eigenvalue weighted by Gasteiger charge is -2.19. The van der Waals surface area contributed by atoms with Gasteiger partial charge in [0.25, 0.3) is 0 Å². The molecule has 0 unspecified atom stereocenters. The molecule has 0 fully saturated rings. The highest BCUT2D eigenvalue weighted by atomic mass is 17.2. The second-order valence-corrected chi connectivity index (χ2v) is 10.9. The van der Waals surface area contributed by atoms with Crippen LogP contribution in [-0.4, -0.2) is 10.2 Å². The number of hydrogen-bond donors (Lipinski definition) is 2. The maximum Gasteiger partial charge on any atom is 0.194 e. The summed E-state index contributed by atoms with van der Waals surface area (Å²) in [4.78, 5) is 12.8. The highest BCUT2D eigenvalue weighted by Gasteiger charge is 2.22. The molecule has 8 aromatic rings. The minimum absolute atomic E-state index is 0.155. The highest BCUT2D eigenvalue weighted by Crippen LogP contribution is 2.47. The van der Waals surface area contributed by atoms with Crippen LogP contribution >= 0.6 is 0 Å². The molecule has 0 saturated heterocycles. The summed E-state index contributed by atoms with van der Waals surface area (Å²) in [7, 11) is 0. The van der Waals surface area contributed by atoms with Gasteiger partial charge < -0.3 is 10.2 Å². The van der Waals surface area contributed by atoms with Crippen LogP contribution in [0.15, 0.2) is 146 Å². The van der Waals surface area contributed by atoms with Crippen molar-refractivity contribution in [3.8, 4) is 45.3 Å². The van der Waals surface area contributed by atoms with E-state index >= 15 is 0 Å². The topological polar surface area (TPSA) is 58.9 Å². The van der Waals surface area contributed by atoms with Crippen molar-refractivity contribution in [2.45, 2.75) is 0 Å². The molecule has 0 aliphatic rings. The molecule has 0 saturated carbocycles. The van der Waals surface area contributed by atoms with Gasteiger partial charge in [-0.15, -0.1) is 0 Å². The fourth-order valence-electron chi connectivity index (χ4n) is 6.24. The average Bonchev–Trinajstić information content (AvgIpc) is 3.08. The molecule has 0 heterocycles. The number of aromatic hydroxyl groups is 2. The Hall–Kier alpha value is -6.00. The van der Waals surface area contributed by atoms with E-state index in [1.54, 1.807) is 12.1 Å². The zero-order chi connectivity index (χ0) is 29.6. The molecule has 210 valence electrons. The Labute approximate surface area is 253 Å². The number of rotatable bonds is 5. The predicted octanol–water partition coefficient (Wildman–Crippen LogP) is 10.4. The number of phenols is 2. The van der Waals surface area contributed by atoms with Gasteiger partial charge in [0.05, 0.1) is 0 Å². The Balaban J connectivity index is 1.36. The first-order valence-corrected chi connectivity index (χ1v) is 14.5. The quantitative estimate of drug-likeness (QED) is 0.160. The SMILES string of the molecule is Oc1cc(-c2cccc3ccccc23)c(OOc2c(-c3cccc4ccccc34)cc(O)c3ccccc23)c2ccccc12. The Kier molecular flexibility index (Phi) is 6.05. The number of fused-ring (bicyclic) bond motifs is 4. The Morgan fingerprint density at radius 2 is 0.659 bits per heavy atom. The zero-order valence-electron chi connectivity index (χ0n) is 23.6. The van der Waals surface area contributed by atoms with Crippen LogP contribution in [0.25, 0.3) is 65.3 Å². The van der Waals surface area contributed by atoms with E-state index in [9.17, 15) is 10.2 Å². The third-order valence-corrected chi connectivity index (χ3v) is 8.31. The molecule has 4 nitrogen and oxygen atoms in total. The molecule has 0 aliphatic heterocycles. The van der Waals surface area contributed by atoms with Crippen LogP contribution in [0.3, 0.4) is 0 Å². The van der Waals surface area contributed by atoms with Crippen molar-refractivity contribution < 1.29 is 20.0 Å². The van der Waals surface area contributed by atoms with Gasteiger partial charge in [-0.05, 0) is 44.8 Å². The Morgan fingerprint density at radius 1 is 0.318 bits per heavy atom. The third-order valence-electron chi connectivity index (χ3n) is 8.31. The van der Waals surface area contributed by atoms with E-state index in [2.05, 4.69) is 36.4 Å². The standard InChI is InChI=1S/C40H26O4/c41-37-23-35(29-21-9-13-25-11-1-3-15-27(25)29)39(33-19-7-5-17-31(33)37)43-44-40-34-20-8-6-18-32(34)38(42)24-36(40)30-22-10-14-26-12-2-4-16-28(26)30/h1-24,41-42H. The van der Waals surface area contributed by atoms with E-state index < -0.39 is 0 Å². The molecule has 0 aliphatic carbocycles. The van der Waals surface area contributed by atoms with Crippen molar-refractivity contribution in [2.24, 2.45) is 0 Å². The molecular weight excluding hydrogens is 544 g/mol. The minimum Gasteiger partial charge on any atom is -0.507 e.